The lowest BCUT2D eigenvalue weighted by Crippen LogP contribution is -1.95. The van der Waals surface area contributed by atoms with E-state index in [2.05, 4.69) is 20.5 Å². The molecule has 0 saturated heterocycles. The average Bonchev–Trinajstić information content (AvgIpc) is 2.58. The van der Waals surface area contributed by atoms with E-state index in [1.807, 2.05) is 13.0 Å². The van der Waals surface area contributed by atoms with Crippen LogP contribution in [-0.4, -0.2) is 15.2 Å². The molecule has 0 bridgehead atoms. The molecule has 0 fully saturated rings. The standard InChI is InChI=1S/C10H11FN4/c1-6-3-9(12-5-8(6)11)13-10-4-7(2)14-15-10/h3-5H,1-2H3,(H2,12,13,14,15). The molecule has 2 rings (SSSR count). The van der Waals surface area contributed by atoms with Crippen LogP contribution < -0.4 is 5.32 Å². The van der Waals surface area contributed by atoms with Crippen molar-refractivity contribution < 1.29 is 4.39 Å². The number of aromatic amines is 1. The highest BCUT2D eigenvalue weighted by molar-refractivity contribution is 5.52. The minimum atomic E-state index is -0.307. The Morgan fingerprint density at radius 3 is 2.67 bits per heavy atom. The van der Waals surface area contributed by atoms with Crippen molar-refractivity contribution in [1.29, 1.82) is 0 Å². The Labute approximate surface area is 86.6 Å². The zero-order chi connectivity index (χ0) is 10.8. The van der Waals surface area contributed by atoms with Crippen molar-refractivity contribution in [3.63, 3.8) is 0 Å². The Morgan fingerprint density at radius 1 is 1.27 bits per heavy atom. The van der Waals surface area contributed by atoms with E-state index in [-0.39, 0.29) is 5.82 Å². The maximum atomic E-state index is 12.9. The Hall–Kier alpha value is -1.91. The van der Waals surface area contributed by atoms with Crippen LogP contribution in [0.1, 0.15) is 11.3 Å². The fourth-order valence-electron chi connectivity index (χ4n) is 1.22. The molecule has 15 heavy (non-hydrogen) atoms. The predicted octanol–water partition coefficient (Wildman–Crippen LogP) is 2.30. The van der Waals surface area contributed by atoms with Gasteiger partial charge in [0.15, 0.2) is 5.82 Å². The molecule has 4 nitrogen and oxygen atoms in total. The monoisotopic (exact) mass is 206 g/mol. The molecular weight excluding hydrogens is 195 g/mol. The van der Waals surface area contributed by atoms with Crippen LogP contribution in [0, 0.1) is 19.7 Å². The van der Waals surface area contributed by atoms with Gasteiger partial charge in [-0.3, -0.25) is 5.10 Å². The molecule has 0 amide bonds. The van der Waals surface area contributed by atoms with E-state index in [1.165, 1.54) is 6.20 Å². The van der Waals surface area contributed by atoms with Gasteiger partial charge in [0.2, 0.25) is 0 Å². The molecule has 0 aliphatic rings. The van der Waals surface area contributed by atoms with Gasteiger partial charge in [-0.25, -0.2) is 9.37 Å². The fraction of sp³-hybridized carbons (Fsp3) is 0.200. The average molecular weight is 206 g/mol. The summed E-state index contributed by atoms with van der Waals surface area (Å²) in [4.78, 5) is 3.90. The highest BCUT2D eigenvalue weighted by Gasteiger charge is 2.02. The lowest BCUT2D eigenvalue weighted by Gasteiger charge is -2.02. The molecular formula is C10H11FN4. The first-order chi connectivity index (χ1) is 7.15. The smallest absolute Gasteiger partial charge is 0.153 e. The maximum Gasteiger partial charge on any atom is 0.153 e. The molecule has 2 aromatic heterocycles. The Balaban J connectivity index is 2.21. The zero-order valence-electron chi connectivity index (χ0n) is 8.50. The van der Waals surface area contributed by atoms with Crippen LogP contribution >= 0.6 is 0 Å². The second-order valence-corrected chi connectivity index (χ2v) is 3.38. The third-order valence-corrected chi connectivity index (χ3v) is 2.01. The minimum absolute atomic E-state index is 0.307. The predicted molar refractivity (Wildman–Crippen MR) is 55.5 cm³/mol. The number of hydrogen-bond acceptors (Lipinski definition) is 3. The lowest BCUT2D eigenvalue weighted by atomic mass is 10.3. The number of hydrogen-bond donors (Lipinski definition) is 2. The van der Waals surface area contributed by atoms with Crippen LogP contribution in [0.5, 0.6) is 0 Å². The van der Waals surface area contributed by atoms with Crippen molar-refractivity contribution in [3.8, 4) is 0 Å². The molecule has 0 aliphatic heterocycles. The summed E-state index contributed by atoms with van der Waals surface area (Å²) >= 11 is 0. The van der Waals surface area contributed by atoms with Crippen LogP contribution in [-0.2, 0) is 0 Å². The molecule has 78 valence electrons. The summed E-state index contributed by atoms with van der Waals surface area (Å²) in [6.45, 7) is 3.60. The molecule has 5 heteroatoms. The number of anilines is 2. The first-order valence-electron chi connectivity index (χ1n) is 4.56. The number of halogens is 1. The molecule has 0 saturated carbocycles. The quantitative estimate of drug-likeness (QED) is 0.792. The second kappa shape index (κ2) is 3.68. The number of H-pyrrole nitrogens is 1. The normalized spacial score (nSPS) is 10.3. The topological polar surface area (TPSA) is 53.6 Å². The van der Waals surface area contributed by atoms with E-state index in [4.69, 9.17) is 0 Å². The van der Waals surface area contributed by atoms with E-state index in [0.29, 0.717) is 17.2 Å². The van der Waals surface area contributed by atoms with Crippen molar-refractivity contribution in [3.05, 3.63) is 35.4 Å². The van der Waals surface area contributed by atoms with Gasteiger partial charge in [0, 0.05) is 11.8 Å². The molecule has 2 N–H and O–H groups in total. The number of rotatable bonds is 2. The van der Waals surface area contributed by atoms with Gasteiger partial charge in [-0.2, -0.15) is 5.10 Å². The van der Waals surface area contributed by atoms with E-state index in [0.717, 1.165) is 5.69 Å². The van der Waals surface area contributed by atoms with Gasteiger partial charge in [-0.05, 0) is 25.5 Å². The van der Waals surface area contributed by atoms with E-state index in [1.54, 1.807) is 13.0 Å². The minimum Gasteiger partial charge on any atom is -0.323 e. The number of aryl methyl sites for hydroxylation is 2. The van der Waals surface area contributed by atoms with Crippen molar-refractivity contribution >= 4 is 11.6 Å². The van der Waals surface area contributed by atoms with E-state index >= 15 is 0 Å². The van der Waals surface area contributed by atoms with Crippen molar-refractivity contribution in [2.75, 3.05) is 5.32 Å². The zero-order valence-corrected chi connectivity index (χ0v) is 8.50. The van der Waals surface area contributed by atoms with Crippen LogP contribution in [0.3, 0.4) is 0 Å². The van der Waals surface area contributed by atoms with Gasteiger partial charge >= 0.3 is 0 Å². The fourth-order valence-corrected chi connectivity index (χ4v) is 1.22. The Bertz CT molecular complexity index is 478. The highest BCUT2D eigenvalue weighted by atomic mass is 19.1. The largest absolute Gasteiger partial charge is 0.323 e. The van der Waals surface area contributed by atoms with Crippen LogP contribution in [0.15, 0.2) is 18.3 Å². The van der Waals surface area contributed by atoms with Gasteiger partial charge < -0.3 is 5.32 Å². The maximum absolute atomic E-state index is 12.9. The Morgan fingerprint density at radius 2 is 2.07 bits per heavy atom. The first-order valence-corrected chi connectivity index (χ1v) is 4.56. The first kappa shape index (κ1) is 9.64. The van der Waals surface area contributed by atoms with Crippen LogP contribution in [0.4, 0.5) is 16.0 Å². The van der Waals surface area contributed by atoms with Gasteiger partial charge in [0.1, 0.15) is 11.6 Å². The molecule has 0 atom stereocenters. The molecule has 0 radical (unpaired) electrons. The summed E-state index contributed by atoms with van der Waals surface area (Å²) in [7, 11) is 0. The van der Waals surface area contributed by atoms with Gasteiger partial charge in [-0.15, -0.1) is 0 Å². The summed E-state index contributed by atoms with van der Waals surface area (Å²) in [5.41, 5.74) is 1.51. The Kier molecular flexibility index (Phi) is 2.37. The van der Waals surface area contributed by atoms with Crippen molar-refractivity contribution in [1.82, 2.24) is 15.2 Å². The summed E-state index contributed by atoms with van der Waals surface area (Å²) in [5, 5.41) is 9.77. The number of aromatic nitrogens is 3. The molecule has 0 spiro atoms. The van der Waals surface area contributed by atoms with Crippen molar-refractivity contribution in [2.45, 2.75) is 13.8 Å². The molecule has 0 aromatic carbocycles. The third kappa shape index (κ3) is 2.12. The summed E-state index contributed by atoms with van der Waals surface area (Å²) < 4.78 is 12.9. The van der Waals surface area contributed by atoms with Crippen molar-refractivity contribution in [2.24, 2.45) is 0 Å². The van der Waals surface area contributed by atoms with Crippen LogP contribution in [0.25, 0.3) is 0 Å². The number of pyridine rings is 1. The van der Waals surface area contributed by atoms with Crippen LogP contribution in [0.2, 0.25) is 0 Å². The SMILES string of the molecule is Cc1cc(Nc2cc(C)c(F)cn2)n[nH]1. The summed E-state index contributed by atoms with van der Waals surface area (Å²) in [6.07, 6.45) is 1.19. The summed E-state index contributed by atoms with van der Waals surface area (Å²) in [6, 6.07) is 3.49. The molecule has 2 aromatic rings. The molecule has 0 unspecified atom stereocenters. The summed E-state index contributed by atoms with van der Waals surface area (Å²) in [5.74, 6) is 0.949. The number of nitrogens with zero attached hydrogens (tertiary/aromatic N) is 2. The van der Waals surface area contributed by atoms with Gasteiger partial charge in [0.25, 0.3) is 0 Å². The number of nitrogens with one attached hydrogen (secondary N) is 2. The third-order valence-electron chi connectivity index (χ3n) is 2.01. The second-order valence-electron chi connectivity index (χ2n) is 3.38. The lowest BCUT2D eigenvalue weighted by molar-refractivity contribution is 0.612. The van der Waals surface area contributed by atoms with E-state index < -0.39 is 0 Å². The van der Waals surface area contributed by atoms with E-state index in [9.17, 15) is 4.39 Å². The van der Waals surface area contributed by atoms with Gasteiger partial charge in [-0.1, -0.05) is 0 Å². The van der Waals surface area contributed by atoms with Gasteiger partial charge in [0.05, 0.1) is 6.20 Å². The molecule has 2 heterocycles. The molecule has 0 aliphatic carbocycles. The highest BCUT2D eigenvalue weighted by Crippen LogP contribution is 2.15.